The van der Waals surface area contributed by atoms with Gasteiger partial charge in [-0.3, -0.25) is 0 Å². The van der Waals surface area contributed by atoms with Gasteiger partial charge in [-0.05, 0) is 98.5 Å². The van der Waals surface area contributed by atoms with Gasteiger partial charge in [-0.15, -0.1) is 11.3 Å². The number of rotatable bonds is 4. The minimum absolute atomic E-state index is 0.416. The zero-order chi connectivity index (χ0) is 41.2. The Morgan fingerprint density at radius 3 is 1.83 bits per heavy atom. The first kappa shape index (κ1) is 34.6. The van der Waals surface area contributed by atoms with Crippen LogP contribution in [0.4, 0.5) is 0 Å². The Labute approximate surface area is 364 Å². The number of hydrogen-bond acceptors (Lipinski definition) is 5. The van der Waals surface area contributed by atoms with Gasteiger partial charge in [0, 0.05) is 52.8 Å². The highest BCUT2D eigenvalue weighted by molar-refractivity contribution is 7.25. The van der Waals surface area contributed by atoms with E-state index >= 15 is 0 Å². The number of hydrogen-bond donors (Lipinski definition) is 1. The van der Waals surface area contributed by atoms with E-state index in [-0.39, 0.29) is 0 Å². The maximum atomic E-state index is 7.03. The lowest BCUT2D eigenvalue weighted by Gasteiger charge is -2.25. The van der Waals surface area contributed by atoms with E-state index < -0.39 is 6.17 Å². The fourth-order valence-corrected chi connectivity index (χ4v) is 11.1. The molecule has 1 N–H and O–H groups in total. The molecule has 0 radical (unpaired) electrons. The van der Waals surface area contributed by atoms with Crippen LogP contribution in [0.2, 0.25) is 0 Å². The van der Waals surface area contributed by atoms with Crippen LogP contribution in [0, 0.1) is 0 Å². The Hall–Kier alpha value is -8.06. The fraction of sp³-hybridized carbons (Fsp3) is 0.0175. The first-order chi connectivity index (χ1) is 31.2. The Kier molecular flexibility index (Phi) is 7.27. The molecule has 0 saturated heterocycles. The van der Waals surface area contributed by atoms with Gasteiger partial charge in [-0.25, -0.2) is 9.98 Å². The van der Waals surface area contributed by atoms with Gasteiger partial charge in [0.2, 0.25) is 0 Å². The van der Waals surface area contributed by atoms with Gasteiger partial charge in [-0.1, -0.05) is 133 Å². The molecule has 0 aliphatic carbocycles. The molecule has 1 atom stereocenters. The molecule has 1 unspecified atom stereocenters. The number of amidine groups is 2. The van der Waals surface area contributed by atoms with Crippen LogP contribution in [0.15, 0.2) is 209 Å². The Bertz CT molecular complexity index is 4050. The molecule has 6 heteroatoms. The second-order valence-electron chi connectivity index (χ2n) is 16.6. The Morgan fingerprint density at radius 1 is 0.476 bits per heavy atom. The van der Waals surface area contributed by atoms with Crippen LogP contribution in [-0.4, -0.2) is 16.2 Å². The van der Waals surface area contributed by atoms with Gasteiger partial charge < -0.3 is 14.3 Å². The van der Waals surface area contributed by atoms with Crippen LogP contribution >= 0.6 is 11.3 Å². The molecule has 4 heterocycles. The summed E-state index contributed by atoms with van der Waals surface area (Å²) in [5, 5.41) is 18.0. The van der Waals surface area contributed by atoms with Crippen molar-refractivity contribution in [3.63, 3.8) is 0 Å². The maximum Gasteiger partial charge on any atom is 0.160 e. The number of nitrogens with one attached hydrogen (secondary N) is 1. The molecule has 0 amide bonds. The largest absolute Gasteiger partial charge is 0.454 e. The number of benzene rings is 10. The third-order valence-electron chi connectivity index (χ3n) is 13.0. The van der Waals surface area contributed by atoms with E-state index in [0.29, 0.717) is 5.84 Å². The van der Waals surface area contributed by atoms with Crippen molar-refractivity contribution in [3.8, 4) is 5.69 Å². The molecule has 0 bridgehead atoms. The molecular formula is C57H34N4OS. The summed E-state index contributed by atoms with van der Waals surface area (Å²) < 4.78 is 11.9. The van der Waals surface area contributed by atoms with Crippen LogP contribution in [0.25, 0.3) is 102 Å². The van der Waals surface area contributed by atoms with Gasteiger partial charge in [-0.2, -0.15) is 0 Å². The minimum atomic E-state index is -0.416. The van der Waals surface area contributed by atoms with E-state index in [9.17, 15) is 0 Å². The lowest BCUT2D eigenvalue weighted by molar-refractivity contribution is 0.664. The molecule has 0 fully saturated rings. The number of aliphatic imine (C=N–C) groups is 2. The molecule has 1 aliphatic heterocycles. The van der Waals surface area contributed by atoms with E-state index in [1.807, 2.05) is 17.4 Å². The summed E-state index contributed by atoms with van der Waals surface area (Å²) in [6.07, 6.45) is -0.416. The normalized spacial score (nSPS) is 14.5. The highest BCUT2D eigenvalue weighted by Crippen LogP contribution is 2.43. The highest BCUT2D eigenvalue weighted by Gasteiger charge is 2.28. The fourth-order valence-electron chi connectivity index (χ4n) is 9.95. The zero-order valence-electron chi connectivity index (χ0n) is 33.7. The SMILES string of the molecule is c1ccc2cc(C3N=C(c4ccc5c(c4)sc4ccccc45)N=C(c4ccc5c(oc6ccccc65)c4-n4c5cc6ccccc6cc5c5cc6ccccc6cc54)N3)ccc2c1. The van der Waals surface area contributed by atoms with Gasteiger partial charge in [0.25, 0.3) is 0 Å². The number of fused-ring (bicyclic) bond motifs is 12. The molecule has 13 aromatic rings. The topological polar surface area (TPSA) is 54.8 Å². The van der Waals surface area contributed by atoms with Crippen molar-refractivity contribution in [1.29, 1.82) is 0 Å². The standard InChI is InChI=1S/C57H34N4OS/c1-2-12-34-27-39(22-21-33(34)11-1)55-58-56(40-23-24-43-42-18-8-10-20-51(42)63-52(43)32-40)60-57(59-55)45-26-25-44-41-17-7-9-19-50(41)62-54(44)53(45)61-48-30-37-15-5-3-13-35(37)28-46(48)47-29-36-14-4-6-16-38(36)31-49(47)61/h1-32,55H,(H,58,59,60). The van der Waals surface area contributed by atoms with Crippen molar-refractivity contribution >= 4 is 119 Å². The monoisotopic (exact) mass is 822 g/mol. The molecule has 3 aromatic heterocycles. The molecule has 5 nitrogen and oxygen atoms in total. The summed E-state index contributed by atoms with van der Waals surface area (Å²) in [6.45, 7) is 0. The predicted molar refractivity (Wildman–Crippen MR) is 265 cm³/mol. The number of furan rings is 1. The number of aromatic nitrogens is 1. The summed E-state index contributed by atoms with van der Waals surface area (Å²) in [5.41, 5.74) is 7.72. The summed E-state index contributed by atoms with van der Waals surface area (Å²) in [5.74, 6) is 1.40. The molecular weight excluding hydrogens is 789 g/mol. The van der Waals surface area contributed by atoms with Crippen molar-refractivity contribution in [2.24, 2.45) is 9.98 Å². The van der Waals surface area contributed by atoms with Crippen LogP contribution < -0.4 is 5.32 Å². The van der Waals surface area contributed by atoms with Crippen molar-refractivity contribution in [2.45, 2.75) is 6.17 Å². The second-order valence-corrected chi connectivity index (χ2v) is 17.7. The van der Waals surface area contributed by atoms with E-state index in [1.165, 1.54) is 63.3 Å². The van der Waals surface area contributed by atoms with E-state index in [2.05, 4.69) is 198 Å². The smallest absolute Gasteiger partial charge is 0.160 e. The molecule has 1 aliphatic rings. The van der Waals surface area contributed by atoms with Gasteiger partial charge in [0.05, 0.1) is 11.0 Å². The average Bonchev–Trinajstić information content (AvgIpc) is 4.00. The first-order valence-electron chi connectivity index (χ1n) is 21.3. The van der Waals surface area contributed by atoms with Crippen molar-refractivity contribution < 1.29 is 4.42 Å². The van der Waals surface area contributed by atoms with Crippen LogP contribution in [0.5, 0.6) is 0 Å². The molecule has 0 spiro atoms. The molecule has 63 heavy (non-hydrogen) atoms. The summed E-state index contributed by atoms with van der Waals surface area (Å²) in [7, 11) is 0. The van der Waals surface area contributed by atoms with Crippen LogP contribution in [0.3, 0.4) is 0 Å². The number of thiophene rings is 1. The summed E-state index contributed by atoms with van der Waals surface area (Å²) in [6, 6.07) is 69.8. The third kappa shape index (κ3) is 5.28. The second kappa shape index (κ2) is 13.2. The minimum Gasteiger partial charge on any atom is -0.454 e. The van der Waals surface area contributed by atoms with E-state index in [0.717, 1.165) is 61.2 Å². The zero-order valence-corrected chi connectivity index (χ0v) is 34.5. The van der Waals surface area contributed by atoms with Crippen LogP contribution in [-0.2, 0) is 0 Å². The lowest BCUT2D eigenvalue weighted by atomic mass is 10.0. The van der Waals surface area contributed by atoms with E-state index in [1.54, 1.807) is 0 Å². The Morgan fingerprint density at radius 2 is 1.08 bits per heavy atom. The summed E-state index contributed by atoms with van der Waals surface area (Å²) >= 11 is 1.81. The average molecular weight is 823 g/mol. The highest BCUT2D eigenvalue weighted by atomic mass is 32.1. The molecule has 10 aromatic carbocycles. The van der Waals surface area contributed by atoms with E-state index in [4.69, 9.17) is 14.4 Å². The lowest BCUT2D eigenvalue weighted by Crippen LogP contribution is -2.34. The summed E-state index contributed by atoms with van der Waals surface area (Å²) in [4.78, 5) is 10.9. The van der Waals surface area contributed by atoms with Gasteiger partial charge in [0.15, 0.2) is 11.4 Å². The van der Waals surface area contributed by atoms with Crippen molar-refractivity contribution in [3.05, 3.63) is 211 Å². The van der Waals surface area contributed by atoms with Crippen molar-refractivity contribution in [2.75, 3.05) is 0 Å². The number of para-hydroxylation sites is 1. The van der Waals surface area contributed by atoms with Gasteiger partial charge >= 0.3 is 0 Å². The molecule has 294 valence electrons. The Balaban J connectivity index is 1.07. The third-order valence-corrected chi connectivity index (χ3v) is 14.1. The molecule has 14 rings (SSSR count). The van der Waals surface area contributed by atoms with Crippen LogP contribution in [0.1, 0.15) is 22.9 Å². The molecule has 0 saturated carbocycles. The number of nitrogens with zero attached hydrogens (tertiary/aromatic N) is 3. The van der Waals surface area contributed by atoms with Gasteiger partial charge in [0.1, 0.15) is 23.3 Å². The quantitative estimate of drug-likeness (QED) is 0.192. The van der Waals surface area contributed by atoms with Crippen molar-refractivity contribution in [1.82, 2.24) is 9.88 Å². The first-order valence-corrected chi connectivity index (χ1v) is 22.1. The maximum absolute atomic E-state index is 7.03. The predicted octanol–water partition coefficient (Wildman–Crippen LogP) is 15.0.